The van der Waals surface area contributed by atoms with Crippen LogP contribution in [-0.2, 0) is 14.3 Å². The first-order chi connectivity index (χ1) is 11.6. The third kappa shape index (κ3) is 4.04. The molecule has 3 rings (SSSR count). The van der Waals surface area contributed by atoms with E-state index in [1.807, 2.05) is 18.2 Å². The lowest BCUT2D eigenvalue weighted by molar-refractivity contribution is 0.132. The molecular weight excluding hydrogens is 322 g/mol. The van der Waals surface area contributed by atoms with Gasteiger partial charge in [-0.2, -0.15) is 8.42 Å². The van der Waals surface area contributed by atoms with Crippen LogP contribution in [0.3, 0.4) is 0 Å². The molecule has 2 unspecified atom stereocenters. The number of hydrogen-bond donors (Lipinski definition) is 0. The van der Waals surface area contributed by atoms with E-state index < -0.39 is 10.1 Å². The average molecular weight is 345 g/mol. The molecule has 0 radical (unpaired) electrons. The Kier molecular flexibility index (Phi) is 5.33. The minimum absolute atomic E-state index is 0.157. The predicted molar refractivity (Wildman–Crippen MR) is 94.4 cm³/mol. The van der Waals surface area contributed by atoms with Crippen molar-refractivity contribution in [3.05, 3.63) is 66.2 Å². The van der Waals surface area contributed by atoms with Crippen LogP contribution in [0, 0.1) is 5.92 Å². The van der Waals surface area contributed by atoms with E-state index in [4.69, 9.17) is 4.18 Å². The predicted octanol–water partition coefficient (Wildman–Crippen LogP) is 3.13. The summed E-state index contributed by atoms with van der Waals surface area (Å²) in [6, 6.07) is 18.6. The molecular formula is C19H23NO3S. The number of nitrogens with zero attached hydrogens (tertiary/aromatic N) is 1. The SMILES string of the molecule is CN1CCC(c2ccccc2)C(COS(=O)(=O)c2ccccc2)C1. The van der Waals surface area contributed by atoms with Crippen molar-refractivity contribution in [2.75, 3.05) is 26.7 Å². The zero-order valence-corrected chi connectivity index (χ0v) is 14.7. The second-order valence-corrected chi connectivity index (χ2v) is 8.00. The minimum Gasteiger partial charge on any atom is -0.306 e. The van der Waals surface area contributed by atoms with Crippen molar-refractivity contribution in [1.29, 1.82) is 0 Å². The van der Waals surface area contributed by atoms with Gasteiger partial charge in [-0.15, -0.1) is 0 Å². The van der Waals surface area contributed by atoms with E-state index >= 15 is 0 Å². The standard InChI is InChI=1S/C19H23NO3S/c1-20-13-12-19(16-8-4-2-5-9-16)17(14-20)15-23-24(21,22)18-10-6-3-7-11-18/h2-11,17,19H,12-15H2,1H3. The van der Waals surface area contributed by atoms with Gasteiger partial charge in [0.05, 0.1) is 11.5 Å². The molecule has 4 nitrogen and oxygen atoms in total. The van der Waals surface area contributed by atoms with Crippen LogP contribution in [0.2, 0.25) is 0 Å². The lowest BCUT2D eigenvalue weighted by atomic mass is 9.81. The number of rotatable bonds is 5. The molecule has 2 aromatic carbocycles. The van der Waals surface area contributed by atoms with Crippen LogP contribution in [0.4, 0.5) is 0 Å². The number of piperidine rings is 1. The van der Waals surface area contributed by atoms with Gasteiger partial charge in [0.25, 0.3) is 10.1 Å². The average Bonchev–Trinajstić information content (AvgIpc) is 2.62. The van der Waals surface area contributed by atoms with Gasteiger partial charge in [-0.05, 0) is 43.6 Å². The topological polar surface area (TPSA) is 46.6 Å². The second kappa shape index (κ2) is 7.47. The molecule has 5 heteroatoms. The number of likely N-dealkylation sites (tertiary alicyclic amines) is 1. The number of benzene rings is 2. The van der Waals surface area contributed by atoms with Gasteiger partial charge in [0, 0.05) is 12.5 Å². The molecule has 1 fully saturated rings. The Morgan fingerprint density at radius 2 is 1.67 bits per heavy atom. The van der Waals surface area contributed by atoms with Gasteiger partial charge < -0.3 is 4.90 Å². The molecule has 1 aliphatic rings. The van der Waals surface area contributed by atoms with Gasteiger partial charge in [0.2, 0.25) is 0 Å². The van der Waals surface area contributed by atoms with Crippen molar-refractivity contribution in [2.45, 2.75) is 17.2 Å². The maximum absolute atomic E-state index is 12.4. The van der Waals surface area contributed by atoms with Crippen molar-refractivity contribution in [3.63, 3.8) is 0 Å². The minimum atomic E-state index is -3.70. The highest BCUT2D eigenvalue weighted by molar-refractivity contribution is 7.86. The molecule has 0 aliphatic carbocycles. The van der Waals surface area contributed by atoms with Gasteiger partial charge in [-0.3, -0.25) is 4.18 Å². The first kappa shape index (κ1) is 17.1. The van der Waals surface area contributed by atoms with Gasteiger partial charge in [0.1, 0.15) is 0 Å². The van der Waals surface area contributed by atoms with E-state index in [0.717, 1.165) is 19.5 Å². The molecule has 2 aromatic rings. The molecule has 0 saturated carbocycles. The molecule has 0 N–H and O–H groups in total. The molecule has 0 bridgehead atoms. The molecule has 24 heavy (non-hydrogen) atoms. The van der Waals surface area contributed by atoms with E-state index in [0.29, 0.717) is 5.92 Å². The smallest absolute Gasteiger partial charge is 0.296 e. The molecule has 1 saturated heterocycles. The summed E-state index contributed by atoms with van der Waals surface area (Å²) in [6.07, 6.45) is 1.01. The number of hydrogen-bond acceptors (Lipinski definition) is 4. The molecule has 0 amide bonds. The van der Waals surface area contributed by atoms with Crippen molar-refractivity contribution >= 4 is 10.1 Å². The Morgan fingerprint density at radius 1 is 1.04 bits per heavy atom. The summed E-state index contributed by atoms with van der Waals surface area (Å²) in [6.45, 7) is 2.06. The van der Waals surface area contributed by atoms with Crippen LogP contribution in [0.15, 0.2) is 65.6 Å². The summed E-state index contributed by atoms with van der Waals surface area (Å²) in [5.74, 6) is 0.484. The molecule has 1 aliphatic heterocycles. The van der Waals surface area contributed by atoms with E-state index in [-0.39, 0.29) is 17.4 Å². The van der Waals surface area contributed by atoms with Crippen LogP contribution in [0.5, 0.6) is 0 Å². The Labute approximate surface area is 144 Å². The lowest BCUT2D eigenvalue weighted by Crippen LogP contribution is -2.39. The lowest BCUT2D eigenvalue weighted by Gasteiger charge is -2.36. The Bertz CT molecular complexity index is 747. The summed E-state index contributed by atoms with van der Waals surface area (Å²) in [5.41, 5.74) is 1.26. The van der Waals surface area contributed by atoms with Crippen molar-refractivity contribution in [2.24, 2.45) is 5.92 Å². The fourth-order valence-corrected chi connectivity index (χ4v) is 4.33. The summed E-state index contributed by atoms with van der Waals surface area (Å²) in [5, 5.41) is 0. The van der Waals surface area contributed by atoms with E-state index in [9.17, 15) is 8.42 Å². The third-order valence-corrected chi connectivity index (χ3v) is 5.93. The Hall–Kier alpha value is -1.69. The fraction of sp³-hybridized carbons (Fsp3) is 0.368. The summed E-state index contributed by atoms with van der Waals surface area (Å²) < 4.78 is 30.1. The highest BCUT2D eigenvalue weighted by Crippen LogP contribution is 2.33. The van der Waals surface area contributed by atoms with E-state index in [1.54, 1.807) is 30.3 Å². The van der Waals surface area contributed by atoms with Crippen LogP contribution >= 0.6 is 0 Å². The first-order valence-electron chi connectivity index (χ1n) is 8.24. The van der Waals surface area contributed by atoms with Crippen molar-refractivity contribution in [1.82, 2.24) is 4.90 Å². The van der Waals surface area contributed by atoms with Crippen LogP contribution in [0.1, 0.15) is 17.9 Å². The summed E-state index contributed by atoms with van der Waals surface area (Å²) >= 11 is 0. The van der Waals surface area contributed by atoms with Gasteiger partial charge in [-0.25, -0.2) is 0 Å². The molecule has 2 atom stereocenters. The normalized spacial score (nSPS) is 22.4. The highest BCUT2D eigenvalue weighted by atomic mass is 32.2. The third-order valence-electron chi connectivity index (χ3n) is 4.63. The quantitative estimate of drug-likeness (QED) is 0.781. The molecule has 0 spiro atoms. The summed E-state index contributed by atoms with van der Waals surface area (Å²) in [4.78, 5) is 2.45. The van der Waals surface area contributed by atoms with Crippen LogP contribution in [0.25, 0.3) is 0 Å². The van der Waals surface area contributed by atoms with Gasteiger partial charge >= 0.3 is 0 Å². The van der Waals surface area contributed by atoms with E-state index in [2.05, 4.69) is 24.1 Å². The maximum Gasteiger partial charge on any atom is 0.296 e. The van der Waals surface area contributed by atoms with Crippen LogP contribution in [-0.4, -0.2) is 40.1 Å². The fourth-order valence-electron chi connectivity index (χ4n) is 3.35. The zero-order chi connectivity index (χ0) is 17.0. The Balaban J connectivity index is 1.74. The highest BCUT2D eigenvalue weighted by Gasteiger charge is 2.30. The van der Waals surface area contributed by atoms with Gasteiger partial charge in [0.15, 0.2) is 0 Å². The monoisotopic (exact) mass is 345 g/mol. The van der Waals surface area contributed by atoms with Gasteiger partial charge in [-0.1, -0.05) is 48.5 Å². The first-order valence-corrected chi connectivity index (χ1v) is 9.65. The summed E-state index contributed by atoms with van der Waals surface area (Å²) in [7, 11) is -1.63. The largest absolute Gasteiger partial charge is 0.306 e. The van der Waals surface area contributed by atoms with Crippen LogP contribution < -0.4 is 0 Å². The zero-order valence-electron chi connectivity index (χ0n) is 13.8. The van der Waals surface area contributed by atoms with Crippen molar-refractivity contribution < 1.29 is 12.6 Å². The molecule has 128 valence electrons. The molecule has 0 aromatic heterocycles. The van der Waals surface area contributed by atoms with E-state index in [1.165, 1.54) is 5.56 Å². The second-order valence-electron chi connectivity index (χ2n) is 6.38. The molecule has 1 heterocycles. The van der Waals surface area contributed by atoms with Crippen molar-refractivity contribution in [3.8, 4) is 0 Å². The maximum atomic E-state index is 12.4. The Morgan fingerprint density at radius 3 is 2.33 bits per heavy atom.